The van der Waals surface area contributed by atoms with Crippen LogP contribution in [0.3, 0.4) is 0 Å². The molecule has 106 valence electrons. The maximum Gasteiger partial charge on any atom is 0.142 e. The highest BCUT2D eigenvalue weighted by Gasteiger charge is 2.12. The van der Waals surface area contributed by atoms with E-state index in [1.165, 1.54) is 4.85 Å². The monoisotopic (exact) mass is 280 g/mol. The molecule has 0 aliphatic carbocycles. The van der Waals surface area contributed by atoms with Gasteiger partial charge in [0.05, 0.1) is 12.4 Å². The normalized spacial score (nSPS) is 12.0. The number of aromatic nitrogens is 2. The fourth-order valence-electron chi connectivity index (χ4n) is 2.07. The van der Waals surface area contributed by atoms with Crippen LogP contribution < -0.4 is 4.84 Å². The van der Waals surface area contributed by atoms with Crippen molar-refractivity contribution < 1.29 is 9.94 Å². The Bertz CT molecular complexity index is 680. The van der Waals surface area contributed by atoms with Gasteiger partial charge in [0.2, 0.25) is 0 Å². The SMILES string of the molecule is OC(c1ccccc1)c1cnn(OCc2ccccc2)c1. The summed E-state index contributed by atoms with van der Waals surface area (Å²) < 4.78 is 0. The second-order valence-corrected chi connectivity index (χ2v) is 4.75. The molecule has 2 aromatic carbocycles. The van der Waals surface area contributed by atoms with Gasteiger partial charge in [0.15, 0.2) is 0 Å². The van der Waals surface area contributed by atoms with Gasteiger partial charge in [-0.3, -0.25) is 0 Å². The van der Waals surface area contributed by atoms with E-state index in [0.717, 1.165) is 11.1 Å². The van der Waals surface area contributed by atoms with Gasteiger partial charge in [0.1, 0.15) is 12.7 Å². The Labute approximate surface area is 123 Å². The van der Waals surface area contributed by atoms with Crippen LogP contribution in [0, 0.1) is 0 Å². The van der Waals surface area contributed by atoms with Gasteiger partial charge in [0.25, 0.3) is 0 Å². The fraction of sp³-hybridized carbons (Fsp3) is 0.118. The lowest BCUT2D eigenvalue weighted by Gasteiger charge is -2.08. The summed E-state index contributed by atoms with van der Waals surface area (Å²) in [5.41, 5.74) is 2.60. The van der Waals surface area contributed by atoms with Gasteiger partial charge < -0.3 is 9.94 Å². The molecule has 1 atom stereocenters. The zero-order valence-corrected chi connectivity index (χ0v) is 11.5. The zero-order chi connectivity index (χ0) is 14.5. The first-order valence-corrected chi connectivity index (χ1v) is 6.78. The van der Waals surface area contributed by atoms with Crippen molar-refractivity contribution >= 4 is 0 Å². The summed E-state index contributed by atoms with van der Waals surface area (Å²) in [6.07, 6.45) is 2.61. The molecule has 0 aliphatic heterocycles. The molecular formula is C17H16N2O2. The molecule has 1 N–H and O–H groups in total. The van der Waals surface area contributed by atoms with Gasteiger partial charge in [-0.2, -0.15) is 0 Å². The number of hydrogen-bond donors (Lipinski definition) is 1. The van der Waals surface area contributed by atoms with Crippen molar-refractivity contribution in [2.45, 2.75) is 12.7 Å². The van der Waals surface area contributed by atoms with E-state index in [4.69, 9.17) is 4.84 Å². The highest BCUT2D eigenvalue weighted by molar-refractivity contribution is 5.26. The number of benzene rings is 2. The van der Waals surface area contributed by atoms with Gasteiger partial charge in [-0.05, 0) is 11.1 Å². The van der Waals surface area contributed by atoms with Gasteiger partial charge in [-0.15, -0.1) is 9.94 Å². The Hall–Kier alpha value is -2.59. The molecule has 3 aromatic rings. The lowest BCUT2D eigenvalue weighted by molar-refractivity contribution is 0.0694. The van der Waals surface area contributed by atoms with Crippen molar-refractivity contribution in [3.05, 3.63) is 89.7 Å². The maximum absolute atomic E-state index is 10.3. The van der Waals surface area contributed by atoms with Gasteiger partial charge in [-0.1, -0.05) is 60.7 Å². The van der Waals surface area contributed by atoms with Gasteiger partial charge in [0, 0.05) is 5.56 Å². The number of rotatable bonds is 5. The van der Waals surface area contributed by atoms with Crippen LogP contribution in [-0.2, 0) is 6.61 Å². The molecule has 4 heteroatoms. The van der Waals surface area contributed by atoms with Crippen molar-refractivity contribution in [2.24, 2.45) is 0 Å². The van der Waals surface area contributed by atoms with Crippen molar-refractivity contribution in [1.29, 1.82) is 0 Å². The van der Waals surface area contributed by atoms with Gasteiger partial charge >= 0.3 is 0 Å². The first kappa shape index (κ1) is 13.4. The average molecular weight is 280 g/mol. The highest BCUT2D eigenvalue weighted by atomic mass is 16.7. The molecule has 0 radical (unpaired) electrons. The molecule has 4 nitrogen and oxygen atoms in total. The second kappa shape index (κ2) is 6.24. The summed E-state index contributed by atoms with van der Waals surface area (Å²) in [5, 5.41) is 14.4. The molecule has 1 aromatic heterocycles. The number of hydrogen-bond acceptors (Lipinski definition) is 3. The molecular weight excluding hydrogens is 264 g/mol. The van der Waals surface area contributed by atoms with Crippen LogP contribution in [0.5, 0.6) is 0 Å². The minimum absolute atomic E-state index is 0.434. The standard InChI is InChI=1S/C17H16N2O2/c20-17(15-9-5-2-6-10-15)16-11-18-19(12-16)21-13-14-7-3-1-4-8-14/h1-12,17,20H,13H2. The molecule has 0 amide bonds. The maximum atomic E-state index is 10.3. The van der Waals surface area contributed by atoms with E-state index in [1.807, 2.05) is 60.7 Å². The molecule has 0 bridgehead atoms. The minimum atomic E-state index is -0.694. The lowest BCUT2D eigenvalue weighted by atomic mass is 10.1. The summed E-state index contributed by atoms with van der Waals surface area (Å²) in [6.45, 7) is 0.434. The van der Waals surface area contributed by atoms with Gasteiger partial charge in [-0.25, -0.2) is 0 Å². The summed E-state index contributed by atoms with van der Waals surface area (Å²) in [7, 11) is 0. The molecule has 0 aliphatic rings. The van der Waals surface area contributed by atoms with Crippen molar-refractivity contribution in [3.63, 3.8) is 0 Å². The summed E-state index contributed by atoms with van der Waals surface area (Å²) in [4.78, 5) is 6.94. The molecule has 1 heterocycles. The molecule has 1 unspecified atom stereocenters. The van der Waals surface area contributed by atoms with Crippen LogP contribution in [0.15, 0.2) is 73.1 Å². The Morgan fingerprint density at radius 2 is 1.62 bits per heavy atom. The van der Waals surface area contributed by atoms with Crippen molar-refractivity contribution in [3.8, 4) is 0 Å². The average Bonchev–Trinajstić information content (AvgIpc) is 3.03. The minimum Gasteiger partial charge on any atom is -0.392 e. The predicted octanol–water partition coefficient (Wildman–Crippen LogP) is 2.59. The van der Waals surface area contributed by atoms with Crippen LogP contribution in [0.1, 0.15) is 22.8 Å². The lowest BCUT2D eigenvalue weighted by Crippen LogP contribution is -2.11. The van der Waals surface area contributed by atoms with Crippen LogP contribution in [0.25, 0.3) is 0 Å². The van der Waals surface area contributed by atoms with E-state index >= 15 is 0 Å². The largest absolute Gasteiger partial charge is 0.392 e. The predicted molar refractivity (Wildman–Crippen MR) is 79.5 cm³/mol. The van der Waals surface area contributed by atoms with Crippen LogP contribution in [0.4, 0.5) is 0 Å². The third-order valence-electron chi connectivity index (χ3n) is 3.22. The quantitative estimate of drug-likeness (QED) is 0.781. The molecule has 0 saturated carbocycles. The Morgan fingerprint density at radius 1 is 0.952 bits per heavy atom. The van der Waals surface area contributed by atoms with Crippen molar-refractivity contribution in [2.75, 3.05) is 0 Å². The van der Waals surface area contributed by atoms with E-state index in [9.17, 15) is 5.11 Å². The number of aliphatic hydroxyl groups excluding tert-OH is 1. The third-order valence-corrected chi connectivity index (χ3v) is 3.22. The molecule has 3 rings (SSSR count). The highest BCUT2D eigenvalue weighted by Crippen LogP contribution is 2.20. The van der Waals surface area contributed by atoms with E-state index in [1.54, 1.807) is 12.4 Å². The van der Waals surface area contributed by atoms with Crippen LogP contribution in [0.2, 0.25) is 0 Å². The molecule has 21 heavy (non-hydrogen) atoms. The second-order valence-electron chi connectivity index (χ2n) is 4.75. The Kier molecular flexibility index (Phi) is 3.98. The molecule has 0 saturated heterocycles. The first-order valence-electron chi connectivity index (χ1n) is 6.78. The molecule has 0 spiro atoms. The topological polar surface area (TPSA) is 47.3 Å². The van der Waals surface area contributed by atoms with Crippen LogP contribution >= 0.6 is 0 Å². The Balaban J connectivity index is 1.66. The van der Waals surface area contributed by atoms with Crippen LogP contribution in [-0.4, -0.2) is 15.1 Å². The number of aliphatic hydroxyl groups is 1. The molecule has 0 fully saturated rings. The van der Waals surface area contributed by atoms with E-state index in [0.29, 0.717) is 12.2 Å². The van der Waals surface area contributed by atoms with E-state index < -0.39 is 6.10 Å². The Morgan fingerprint density at radius 3 is 2.33 bits per heavy atom. The summed E-state index contributed by atoms with van der Waals surface area (Å²) >= 11 is 0. The summed E-state index contributed by atoms with van der Waals surface area (Å²) in [5.74, 6) is 0. The summed E-state index contributed by atoms with van der Waals surface area (Å²) in [6, 6.07) is 19.4. The van der Waals surface area contributed by atoms with Crippen molar-refractivity contribution in [1.82, 2.24) is 9.94 Å². The smallest absolute Gasteiger partial charge is 0.142 e. The zero-order valence-electron chi connectivity index (χ0n) is 11.5. The first-order chi connectivity index (χ1) is 10.3. The van der Waals surface area contributed by atoms with E-state index in [2.05, 4.69) is 5.10 Å². The third kappa shape index (κ3) is 3.30. The number of nitrogens with zero attached hydrogens (tertiary/aromatic N) is 2. The van der Waals surface area contributed by atoms with E-state index in [-0.39, 0.29) is 0 Å². The fourth-order valence-corrected chi connectivity index (χ4v) is 2.07.